The molecule has 1 heterocycles. The highest BCUT2D eigenvalue weighted by Gasteiger charge is 2.29. The van der Waals surface area contributed by atoms with E-state index < -0.39 is 16.9 Å². The molecule has 0 amide bonds. The van der Waals surface area contributed by atoms with Crippen LogP contribution in [-0.2, 0) is 10.2 Å². The molecular formula is C28H21NO6. The van der Waals surface area contributed by atoms with E-state index in [0.717, 1.165) is 5.56 Å². The highest BCUT2D eigenvalue weighted by molar-refractivity contribution is 6.21. The lowest BCUT2D eigenvalue weighted by atomic mass is 9.86. The Morgan fingerprint density at radius 2 is 1.43 bits per heavy atom. The molecule has 0 bridgehead atoms. The predicted molar refractivity (Wildman–Crippen MR) is 131 cm³/mol. The minimum absolute atomic E-state index is 0.00222. The number of cyclic esters (lactones) is 2. The summed E-state index contributed by atoms with van der Waals surface area (Å²) in [6, 6.07) is 20.7. The van der Waals surface area contributed by atoms with Crippen LogP contribution in [0.4, 0.5) is 5.69 Å². The zero-order valence-electron chi connectivity index (χ0n) is 19.3. The van der Waals surface area contributed by atoms with Crippen LogP contribution in [0.2, 0.25) is 0 Å². The smallest absolute Gasteiger partial charge is 0.346 e. The normalized spacial score (nSPS) is 13.0. The summed E-state index contributed by atoms with van der Waals surface area (Å²) in [6.07, 6.45) is 0. The summed E-state index contributed by atoms with van der Waals surface area (Å²) in [5.74, 6) is -1.13. The first kappa shape index (κ1) is 22.3. The largest absolute Gasteiger partial charge is 0.449 e. The third kappa shape index (κ3) is 3.91. The van der Waals surface area contributed by atoms with Crippen molar-refractivity contribution in [2.75, 3.05) is 0 Å². The van der Waals surface area contributed by atoms with Gasteiger partial charge in [-0.2, -0.15) is 0 Å². The van der Waals surface area contributed by atoms with Crippen molar-refractivity contribution in [1.29, 1.82) is 0 Å². The number of carbonyl (C=O) groups is 2. The summed E-state index contributed by atoms with van der Waals surface area (Å²) in [4.78, 5) is 35.8. The Labute approximate surface area is 201 Å². The van der Waals surface area contributed by atoms with Crippen LogP contribution in [-0.4, -0.2) is 16.9 Å². The molecule has 0 fully saturated rings. The van der Waals surface area contributed by atoms with Gasteiger partial charge in [0, 0.05) is 16.8 Å². The van der Waals surface area contributed by atoms with Crippen molar-refractivity contribution >= 4 is 28.4 Å². The molecule has 7 nitrogen and oxygen atoms in total. The summed E-state index contributed by atoms with van der Waals surface area (Å²) in [5.41, 5.74) is 3.00. The van der Waals surface area contributed by atoms with E-state index in [1.165, 1.54) is 17.7 Å². The Morgan fingerprint density at radius 3 is 2.09 bits per heavy atom. The fourth-order valence-electron chi connectivity index (χ4n) is 4.21. The zero-order valence-corrected chi connectivity index (χ0v) is 19.3. The van der Waals surface area contributed by atoms with Crippen LogP contribution in [0.3, 0.4) is 0 Å². The first-order chi connectivity index (χ1) is 16.6. The number of ether oxygens (including phenoxy) is 2. The molecule has 5 rings (SSSR count). The van der Waals surface area contributed by atoms with E-state index in [1.54, 1.807) is 36.4 Å². The fourth-order valence-corrected chi connectivity index (χ4v) is 4.21. The maximum Gasteiger partial charge on any atom is 0.346 e. The number of hydrogen-bond donors (Lipinski definition) is 0. The summed E-state index contributed by atoms with van der Waals surface area (Å²) in [6.45, 7) is 6.37. The van der Waals surface area contributed by atoms with E-state index in [1.807, 2.05) is 24.3 Å². The number of carbonyl (C=O) groups excluding carboxylic acids is 2. The Kier molecular flexibility index (Phi) is 5.13. The average molecular weight is 467 g/mol. The molecule has 0 saturated carbocycles. The lowest BCUT2D eigenvalue weighted by Gasteiger charge is -2.19. The van der Waals surface area contributed by atoms with Gasteiger partial charge in [0.25, 0.3) is 0 Å². The molecule has 7 heteroatoms. The van der Waals surface area contributed by atoms with Crippen molar-refractivity contribution in [3.8, 4) is 22.6 Å². The van der Waals surface area contributed by atoms with Gasteiger partial charge in [0.15, 0.2) is 0 Å². The first-order valence-electron chi connectivity index (χ1n) is 11.0. The molecule has 4 aromatic rings. The van der Waals surface area contributed by atoms with E-state index in [0.29, 0.717) is 22.1 Å². The van der Waals surface area contributed by atoms with E-state index in [-0.39, 0.29) is 28.0 Å². The molecule has 1 aliphatic rings. The number of nitrogens with zero attached hydrogens (tertiary/aromatic N) is 1. The van der Waals surface area contributed by atoms with Crippen LogP contribution < -0.4 is 4.74 Å². The second-order valence-electron chi connectivity index (χ2n) is 9.39. The topological polar surface area (TPSA) is 95.7 Å². The van der Waals surface area contributed by atoms with Crippen molar-refractivity contribution in [2.24, 2.45) is 0 Å². The van der Waals surface area contributed by atoms with Gasteiger partial charge in [0.1, 0.15) is 5.75 Å². The highest BCUT2D eigenvalue weighted by Crippen LogP contribution is 2.40. The van der Waals surface area contributed by atoms with Crippen LogP contribution in [0.1, 0.15) is 47.1 Å². The minimum atomic E-state index is -0.738. The Bertz CT molecular complexity index is 1510. The summed E-state index contributed by atoms with van der Waals surface area (Å²) in [7, 11) is 0. The van der Waals surface area contributed by atoms with Crippen molar-refractivity contribution in [1.82, 2.24) is 0 Å². The van der Waals surface area contributed by atoms with Crippen LogP contribution in [0.15, 0.2) is 72.8 Å². The average Bonchev–Trinajstić information content (AvgIpc) is 2.82. The zero-order chi connectivity index (χ0) is 24.9. The minimum Gasteiger partial charge on any atom is -0.449 e. The van der Waals surface area contributed by atoms with Crippen LogP contribution >= 0.6 is 0 Å². The van der Waals surface area contributed by atoms with Crippen molar-refractivity contribution in [3.05, 3.63) is 99.6 Å². The molecule has 0 radical (unpaired) electrons. The standard InChI is InChI=1S/C28H21NO6/c1-28(2,3)18-10-7-16(8-11-18)17-9-13-24(22(15-17)29(32)33)34-23-14-12-21-25-19(23)5-4-6-20(25)26(30)35-27(21)31/h4-15H,1-3H3. The van der Waals surface area contributed by atoms with Gasteiger partial charge < -0.3 is 9.47 Å². The second-order valence-corrected chi connectivity index (χ2v) is 9.39. The lowest BCUT2D eigenvalue weighted by molar-refractivity contribution is -0.385. The van der Waals surface area contributed by atoms with Crippen LogP contribution in [0.25, 0.3) is 21.9 Å². The molecule has 0 aliphatic carbocycles. The Balaban J connectivity index is 1.56. The Hall–Kier alpha value is -4.52. The van der Waals surface area contributed by atoms with E-state index in [2.05, 4.69) is 20.8 Å². The SMILES string of the molecule is CC(C)(C)c1ccc(-c2ccc(Oc3ccc4c5c(cccc35)C(=O)OC4=O)c([N+](=O)[O-])c2)cc1. The number of esters is 2. The maximum absolute atomic E-state index is 12.2. The molecule has 0 N–H and O–H groups in total. The highest BCUT2D eigenvalue weighted by atomic mass is 16.6. The maximum atomic E-state index is 12.2. The molecular weight excluding hydrogens is 446 g/mol. The van der Waals surface area contributed by atoms with Gasteiger partial charge >= 0.3 is 17.6 Å². The quantitative estimate of drug-likeness (QED) is 0.141. The van der Waals surface area contributed by atoms with Crippen molar-refractivity contribution < 1.29 is 24.0 Å². The van der Waals surface area contributed by atoms with Gasteiger partial charge in [-0.1, -0.05) is 63.2 Å². The van der Waals surface area contributed by atoms with Gasteiger partial charge in [0.2, 0.25) is 5.75 Å². The molecule has 0 aromatic heterocycles. The molecule has 35 heavy (non-hydrogen) atoms. The molecule has 174 valence electrons. The number of nitro groups is 1. The molecule has 4 aromatic carbocycles. The number of nitro benzene ring substituents is 1. The first-order valence-corrected chi connectivity index (χ1v) is 11.0. The molecule has 0 atom stereocenters. The number of rotatable bonds is 4. The predicted octanol–water partition coefficient (Wildman–Crippen LogP) is 6.82. The summed E-state index contributed by atoms with van der Waals surface area (Å²) in [5, 5.41) is 12.8. The van der Waals surface area contributed by atoms with Crippen LogP contribution in [0, 0.1) is 10.1 Å². The summed E-state index contributed by atoms with van der Waals surface area (Å²) < 4.78 is 10.8. The lowest BCUT2D eigenvalue weighted by Crippen LogP contribution is -2.19. The molecule has 0 unspecified atom stereocenters. The summed E-state index contributed by atoms with van der Waals surface area (Å²) >= 11 is 0. The third-order valence-corrected chi connectivity index (χ3v) is 6.09. The number of hydrogen-bond acceptors (Lipinski definition) is 6. The van der Waals surface area contributed by atoms with Gasteiger partial charge in [-0.3, -0.25) is 10.1 Å². The molecule has 0 saturated heterocycles. The number of benzene rings is 4. The van der Waals surface area contributed by atoms with Crippen molar-refractivity contribution in [2.45, 2.75) is 26.2 Å². The molecule has 1 aliphatic heterocycles. The van der Waals surface area contributed by atoms with Gasteiger partial charge in [-0.05, 0) is 46.4 Å². The van der Waals surface area contributed by atoms with Gasteiger partial charge in [-0.25, -0.2) is 9.59 Å². The van der Waals surface area contributed by atoms with Crippen molar-refractivity contribution in [3.63, 3.8) is 0 Å². The third-order valence-electron chi connectivity index (χ3n) is 6.09. The molecule has 0 spiro atoms. The second kappa shape index (κ2) is 8.06. The van der Waals surface area contributed by atoms with E-state index in [9.17, 15) is 19.7 Å². The van der Waals surface area contributed by atoms with Gasteiger partial charge in [-0.15, -0.1) is 0 Å². The van der Waals surface area contributed by atoms with E-state index >= 15 is 0 Å². The van der Waals surface area contributed by atoms with E-state index in [4.69, 9.17) is 9.47 Å². The monoisotopic (exact) mass is 467 g/mol. The van der Waals surface area contributed by atoms with Crippen LogP contribution in [0.5, 0.6) is 11.5 Å². The fraction of sp³-hybridized carbons (Fsp3) is 0.143. The Morgan fingerprint density at radius 1 is 0.800 bits per heavy atom. The van der Waals surface area contributed by atoms with Gasteiger partial charge in [0.05, 0.1) is 16.1 Å².